The largest absolute Gasteiger partial charge is 0.379 e. The number of rotatable bonds is 3. The van der Waals surface area contributed by atoms with Crippen molar-refractivity contribution >= 4 is 0 Å². The SMILES string of the molecule is CC(C)N1CCOCC2(CCCN(Cc3cccc(F)c3)C2)C1. The fourth-order valence-electron chi connectivity index (χ4n) is 4.05. The number of piperidine rings is 1. The molecule has 0 radical (unpaired) electrons. The van der Waals surface area contributed by atoms with Crippen LogP contribution in [0.1, 0.15) is 32.3 Å². The van der Waals surface area contributed by atoms with Crippen LogP contribution < -0.4 is 0 Å². The zero-order valence-corrected chi connectivity index (χ0v) is 14.4. The van der Waals surface area contributed by atoms with Gasteiger partial charge in [-0.3, -0.25) is 9.80 Å². The minimum Gasteiger partial charge on any atom is -0.379 e. The van der Waals surface area contributed by atoms with Gasteiger partial charge < -0.3 is 4.74 Å². The van der Waals surface area contributed by atoms with Crippen molar-refractivity contribution in [1.29, 1.82) is 0 Å². The van der Waals surface area contributed by atoms with Crippen LogP contribution in [-0.4, -0.2) is 55.2 Å². The predicted octanol–water partition coefficient (Wildman–Crippen LogP) is 3.15. The summed E-state index contributed by atoms with van der Waals surface area (Å²) in [5, 5.41) is 0. The van der Waals surface area contributed by atoms with Crippen molar-refractivity contribution in [3.63, 3.8) is 0 Å². The smallest absolute Gasteiger partial charge is 0.123 e. The van der Waals surface area contributed by atoms with Gasteiger partial charge in [-0.05, 0) is 50.9 Å². The molecule has 0 aromatic heterocycles. The molecule has 128 valence electrons. The zero-order valence-electron chi connectivity index (χ0n) is 14.4. The zero-order chi connectivity index (χ0) is 16.3. The van der Waals surface area contributed by atoms with E-state index in [2.05, 4.69) is 23.6 Å². The molecule has 1 unspecified atom stereocenters. The standard InChI is InChI=1S/C19H29FN2O/c1-16(2)22-9-10-23-15-19(14-22)7-4-8-21(13-19)12-17-5-3-6-18(20)11-17/h3,5-6,11,16H,4,7-10,12-15H2,1-2H3. The van der Waals surface area contributed by atoms with Crippen LogP contribution in [0.4, 0.5) is 4.39 Å². The summed E-state index contributed by atoms with van der Waals surface area (Å²) in [6.07, 6.45) is 2.43. The first-order chi connectivity index (χ1) is 11.1. The first kappa shape index (κ1) is 16.9. The van der Waals surface area contributed by atoms with E-state index >= 15 is 0 Å². The summed E-state index contributed by atoms with van der Waals surface area (Å²) in [6, 6.07) is 7.56. The van der Waals surface area contributed by atoms with Gasteiger partial charge in [-0.2, -0.15) is 0 Å². The number of ether oxygens (including phenoxy) is 1. The van der Waals surface area contributed by atoms with Crippen LogP contribution >= 0.6 is 0 Å². The Hall–Kier alpha value is -0.970. The lowest BCUT2D eigenvalue weighted by Crippen LogP contribution is -2.51. The lowest BCUT2D eigenvalue weighted by Gasteiger charge is -2.44. The lowest BCUT2D eigenvalue weighted by molar-refractivity contribution is 0.000947. The predicted molar refractivity (Wildman–Crippen MR) is 90.9 cm³/mol. The summed E-state index contributed by atoms with van der Waals surface area (Å²) >= 11 is 0. The van der Waals surface area contributed by atoms with E-state index in [1.807, 2.05) is 6.07 Å². The van der Waals surface area contributed by atoms with Gasteiger partial charge >= 0.3 is 0 Å². The molecule has 0 N–H and O–H groups in total. The van der Waals surface area contributed by atoms with Gasteiger partial charge in [0.15, 0.2) is 0 Å². The fraction of sp³-hybridized carbons (Fsp3) is 0.684. The molecule has 2 heterocycles. The topological polar surface area (TPSA) is 15.7 Å². The quantitative estimate of drug-likeness (QED) is 0.851. The normalized spacial score (nSPS) is 27.5. The van der Waals surface area contributed by atoms with Crippen LogP contribution in [-0.2, 0) is 11.3 Å². The Labute approximate surface area is 139 Å². The molecule has 3 rings (SSSR count). The van der Waals surface area contributed by atoms with Crippen molar-refractivity contribution in [3.05, 3.63) is 35.6 Å². The molecular formula is C19H29FN2O. The Morgan fingerprint density at radius 3 is 2.91 bits per heavy atom. The van der Waals surface area contributed by atoms with Crippen molar-refractivity contribution in [2.45, 2.75) is 39.3 Å². The number of nitrogens with zero attached hydrogens (tertiary/aromatic N) is 2. The summed E-state index contributed by atoms with van der Waals surface area (Å²) in [4.78, 5) is 5.03. The Morgan fingerprint density at radius 2 is 2.13 bits per heavy atom. The van der Waals surface area contributed by atoms with Crippen LogP contribution in [0.2, 0.25) is 0 Å². The highest BCUT2D eigenvalue weighted by atomic mass is 19.1. The van der Waals surface area contributed by atoms with E-state index in [0.717, 1.165) is 51.5 Å². The molecule has 1 spiro atoms. The van der Waals surface area contributed by atoms with E-state index in [9.17, 15) is 4.39 Å². The van der Waals surface area contributed by atoms with Crippen molar-refractivity contribution in [2.75, 3.05) is 39.4 Å². The molecule has 23 heavy (non-hydrogen) atoms. The molecule has 0 bridgehead atoms. The molecule has 2 aliphatic heterocycles. The maximum absolute atomic E-state index is 13.4. The molecule has 4 heteroatoms. The number of likely N-dealkylation sites (tertiary alicyclic amines) is 1. The number of benzene rings is 1. The minimum absolute atomic E-state index is 0.141. The van der Waals surface area contributed by atoms with E-state index in [1.54, 1.807) is 12.1 Å². The second-order valence-corrected chi connectivity index (χ2v) is 7.56. The first-order valence-electron chi connectivity index (χ1n) is 8.85. The number of halogens is 1. The lowest BCUT2D eigenvalue weighted by atomic mass is 9.79. The van der Waals surface area contributed by atoms with Crippen LogP contribution in [0.15, 0.2) is 24.3 Å². The number of hydrogen-bond donors (Lipinski definition) is 0. The summed E-state index contributed by atoms with van der Waals surface area (Å²) in [5.41, 5.74) is 1.30. The average Bonchev–Trinajstić information content (AvgIpc) is 2.70. The molecule has 0 aliphatic carbocycles. The Morgan fingerprint density at radius 1 is 1.26 bits per heavy atom. The van der Waals surface area contributed by atoms with Crippen molar-refractivity contribution < 1.29 is 9.13 Å². The van der Waals surface area contributed by atoms with Crippen molar-refractivity contribution in [3.8, 4) is 0 Å². The van der Waals surface area contributed by atoms with Gasteiger partial charge in [-0.15, -0.1) is 0 Å². The molecule has 1 aromatic carbocycles. The molecule has 0 saturated carbocycles. The summed E-state index contributed by atoms with van der Waals surface area (Å²) in [7, 11) is 0. The van der Waals surface area contributed by atoms with Gasteiger partial charge in [0.25, 0.3) is 0 Å². The van der Waals surface area contributed by atoms with E-state index in [4.69, 9.17) is 4.74 Å². The maximum atomic E-state index is 13.4. The highest BCUT2D eigenvalue weighted by Crippen LogP contribution is 2.34. The molecule has 2 fully saturated rings. The van der Waals surface area contributed by atoms with Crippen LogP contribution in [0, 0.1) is 11.2 Å². The maximum Gasteiger partial charge on any atom is 0.123 e. The van der Waals surface area contributed by atoms with Gasteiger partial charge in [0.05, 0.1) is 13.2 Å². The van der Waals surface area contributed by atoms with Gasteiger partial charge in [0.2, 0.25) is 0 Å². The van der Waals surface area contributed by atoms with Crippen LogP contribution in [0.25, 0.3) is 0 Å². The summed E-state index contributed by atoms with van der Waals surface area (Å²) in [5.74, 6) is -0.141. The Bertz CT molecular complexity index is 522. The third-order valence-electron chi connectivity index (χ3n) is 5.24. The third-order valence-corrected chi connectivity index (χ3v) is 5.24. The highest BCUT2D eigenvalue weighted by molar-refractivity contribution is 5.16. The summed E-state index contributed by atoms with van der Waals surface area (Å²) in [6.45, 7) is 11.4. The number of hydrogen-bond acceptors (Lipinski definition) is 3. The van der Waals surface area contributed by atoms with Gasteiger partial charge in [0.1, 0.15) is 5.82 Å². The highest BCUT2D eigenvalue weighted by Gasteiger charge is 2.39. The van der Waals surface area contributed by atoms with Gasteiger partial charge in [-0.1, -0.05) is 12.1 Å². The van der Waals surface area contributed by atoms with Crippen LogP contribution in [0.5, 0.6) is 0 Å². The van der Waals surface area contributed by atoms with Crippen molar-refractivity contribution in [1.82, 2.24) is 9.80 Å². The Balaban J connectivity index is 1.68. The molecule has 0 amide bonds. The second kappa shape index (κ2) is 7.29. The second-order valence-electron chi connectivity index (χ2n) is 7.56. The monoisotopic (exact) mass is 320 g/mol. The first-order valence-corrected chi connectivity index (χ1v) is 8.85. The molecule has 1 aromatic rings. The third kappa shape index (κ3) is 4.31. The average molecular weight is 320 g/mol. The Kier molecular flexibility index (Phi) is 5.34. The van der Waals surface area contributed by atoms with Gasteiger partial charge in [-0.25, -0.2) is 4.39 Å². The molecular weight excluding hydrogens is 291 g/mol. The van der Waals surface area contributed by atoms with E-state index < -0.39 is 0 Å². The molecule has 1 atom stereocenters. The van der Waals surface area contributed by atoms with Crippen LogP contribution in [0.3, 0.4) is 0 Å². The molecule has 3 nitrogen and oxygen atoms in total. The van der Waals surface area contributed by atoms with Gasteiger partial charge in [0, 0.05) is 37.6 Å². The van der Waals surface area contributed by atoms with E-state index in [0.29, 0.717) is 6.04 Å². The van der Waals surface area contributed by atoms with Crippen molar-refractivity contribution in [2.24, 2.45) is 5.41 Å². The fourth-order valence-corrected chi connectivity index (χ4v) is 4.05. The minimum atomic E-state index is -0.141. The van der Waals surface area contributed by atoms with E-state index in [1.165, 1.54) is 18.9 Å². The van der Waals surface area contributed by atoms with E-state index in [-0.39, 0.29) is 11.2 Å². The molecule has 2 aliphatic rings. The molecule has 2 saturated heterocycles. The summed E-state index contributed by atoms with van der Waals surface area (Å²) < 4.78 is 19.4.